The van der Waals surface area contributed by atoms with Crippen molar-refractivity contribution in [3.63, 3.8) is 0 Å². The second-order valence-corrected chi connectivity index (χ2v) is 7.74. The Morgan fingerprint density at radius 1 is 1.04 bits per heavy atom. The number of benzene rings is 2. The third-order valence-electron chi connectivity index (χ3n) is 3.35. The zero-order valence-electron chi connectivity index (χ0n) is 12.5. The summed E-state index contributed by atoms with van der Waals surface area (Å²) in [6, 6.07) is 11.3. The molecule has 0 radical (unpaired) electrons. The Morgan fingerprint density at radius 2 is 1.71 bits per heavy atom. The molecule has 1 aliphatic rings. The van der Waals surface area contributed by atoms with E-state index in [9.17, 15) is 13.2 Å². The van der Waals surface area contributed by atoms with Crippen molar-refractivity contribution < 1.29 is 22.7 Å². The van der Waals surface area contributed by atoms with E-state index in [1.54, 1.807) is 24.3 Å². The lowest BCUT2D eigenvalue weighted by molar-refractivity contribution is -0.118. The van der Waals surface area contributed by atoms with Crippen molar-refractivity contribution >= 4 is 31.9 Å². The van der Waals surface area contributed by atoms with Gasteiger partial charge in [0.2, 0.25) is 5.91 Å². The molecule has 0 spiro atoms. The quantitative estimate of drug-likeness (QED) is 0.834. The lowest BCUT2D eigenvalue weighted by Crippen LogP contribution is -2.32. The first-order valence-corrected chi connectivity index (χ1v) is 9.41. The van der Waals surface area contributed by atoms with Crippen LogP contribution in [0.4, 0.5) is 0 Å². The highest BCUT2D eigenvalue weighted by Crippen LogP contribution is 2.32. The van der Waals surface area contributed by atoms with Gasteiger partial charge in [0.1, 0.15) is 13.2 Å². The highest BCUT2D eigenvalue weighted by Gasteiger charge is 2.21. The first-order chi connectivity index (χ1) is 11.4. The van der Waals surface area contributed by atoms with Crippen molar-refractivity contribution in [1.29, 1.82) is 0 Å². The number of halogens is 1. The van der Waals surface area contributed by atoms with Crippen LogP contribution in [0, 0.1) is 0 Å². The molecule has 0 atom stereocenters. The molecule has 6 nitrogen and oxygen atoms in total. The van der Waals surface area contributed by atoms with E-state index < -0.39 is 15.9 Å². The van der Waals surface area contributed by atoms with Crippen LogP contribution in [0.3, 0.4) is 0 Å². The lowest BCUT2D eigenvalue weighted by atomic mass is 10.1. The van der Waals surface area contributed by atoms with Crippen molar-refractivity contribution in [3.8, 4) is 11.5 Å². The van der Waals surface area contributed by atoms with Gasteiger partial charge in [0.25, 0.3) is 10.0 Å². The van der Waals surface area contributed by atoms with Crippen LogP contribution in [0.15, 0.2) is 51.8 Å². The predicted molar refractivity (Wildman–Crippen MR) is 90.6 cm³/mol. The molecule has 2 aromatic carbocycles. The highest BCUT2D eigenvalue weighted by atomic mass is 79.9. The Morgan fingerprint density at radius 3 is 2.42 bits per heavy atom. The van der Waals surface area contributed by atoms with E-state index in [1.807, 2.05) is 0 Å². The van der Waals surface area contributed by atoms with E-state index in [-0.39, 0.29) is 11.3 Å². The summed E-state index contributed by atoms with van der Waals surface area (Å²) in [7, 11) is -3.97. The summed E-state index contributed by atoms with van der Waals surface area (Å²) in [5.74, 6) is 0.234. The summed E-state index contributed by atoms with van der Waals surface area (Å²) in [6.45, 7) is 0.773. The van der Waals surface area contributed by atoms with Crippen LogP contribution in [0.25, 0.3) is 0 Å². The first-order valence-electron chi connectivity index (χ1n) is 7.14. The maximum Gasteiger partial charge on any atom is 0.264 e. The standard InChI is InChI=1S/C16H14BrNO5S/c17-12-3-1-11(2-4-12)9-16(19)18-24(20,21)13-5-6-14-15(10-13)23-8-7-22-14/h1-6,10H,7-9H2,(H,18,19). The number of hydrogen-bond acceptors (Lipinski definition) is 5. The first kappa shape index (κ1) is 16.8. The normalized spacial score (nSPS) is 13.4. The van der Waals surface area contributed by atoms with Crippen molar-refractivity contribution in [2.75, 3.05) is 13.2 Å². The third kappa shape index (κ3) is 3.88. The number of hydrogen-bond donors (Lipinski definition) is 1. The van der Waals surface area contributed by atoms with Gasteiger partial charge in [0.05, 0.1) is 11.3 Å². The fourth-order valence-corrected chi connectivity index (χ4v) is 3.49. The smallest absolute Gasteiger partial charge is 0.264 e. The predicted octanol–water partition coefficient (Wildman–Crippen LogP) is 2.27. The summed E-state index contributed by atoms with van der Waals surface area (Å²) in [5, 5.41) is 0. The third-order valence-corrected chi connectivity index (χ3v) is 5.25. The van der Waals surface area contributed by atoms with Crippen LogP contribution in [0.5, 0.6) is 11.5 Å². The Balaban J connectivity index is 1.73. The van der Waals surface area contributed by atoms with Crippen LogP contribution >= 0.6 is 15.9 Å². The van der Waals surface area contributed by atoms with Gasteiger partial charge in [0.15, 0.2) is 11.5 Å². The number of amides is 1. The molecule has 0 aromatic heterocycles. The molecule has 0 saturated carbocycles. The number of rotatable bonds is 4. The van der Waals surface area contributed by atoms with Gasteiger partial charge in [-0.2, -0.15) is 0 Å². The van der Waals surface area contributed by atoms with Crippen LogP contribution in [0.1, 0.15) is 5.56 Å². The summed E-state index contributed by atoms with van der Waals surface area (Å²) in [5.41, 5.74) is 0.716. The molecule has 3 rings (SSSR count). The number of carbonyl (C=O) groups excluding carboxylic acids is 1. The van der Waals surface area contributed by atoms with Gasteiger partial charge in [-0.1, -0.05) is 28.1 Å². The summed E-state index contributed by atoms with van der Waals surface area (Å²) < 4.78 is 38.3. The fourth-order valence-electron chi connectivity index (χ4n) is 2.22. The van der Waals surface area contributed by atoms with E-state index in [4.69, 9.17) is 9.47 Å². The zero-order chi connectivity index (χ0) is 17.2. The molecular formula is C16H14BrNO5S. The second-order valence-electron chi connectivity index (χ2n) is 5.14. The molecule has 1 N–H and O–H groups in total. The molecule has 1 heterocycles. The molecule has 8 heteroatoms. The van der Waals surface area contributed by atoms with Crippen molar-refractivity contribution in [3.05, 3.63) is 52.5 Å². The van der Waals surface area contributed by atoms with Crippen LogP contribution < -0.4 is 14.2 Å². The molecule has 1 amide bonds. The maximum absolute atomic E-state index is 12.3. The van der Waals surface area contributed by atoms with E-state index >= 15 is 0 Å². The number of fused-ring (bicyclic) bond motifs is 1. The summed E-state index contributed by atoms with van der Waals surface area (Å²) >= 11 is 3.30. The van der Waals surface area contributed by atoms with Crippen molar-refractivity contribution in [2.24, 2.45) is 0 Å². The SMILES string of the molecule is O=C(Cc1ccc(Br)cc1)NS(=O)(=O)c1ccc2c(c1)OCCO2. The van der Waals surface area contributed by atoms with E-state index in [0.717, 1.165) is 4.47 Å². The molecular weight excluding hydrogens is 398 g/mol. The highest BCUT2D eigenvalue weighted by molar-refractivity contribution is 9.10. The molecule has 0 aliphatic carbocycles. The van der Waals surface area contributed by atoms with Crippen molar-refractivity contribution in [2.45, 2.75) is 11.3 Å². The van der Waals surface area contributed by atoms with E-state index in [0.29, 0.717) is 30.3 Å². The Kier molecular flexibility index (Phi) is 4.77. The van der Waals surface area contributed by atoms with Crippen molar-refractivity contribution in [1.82, 2.24) is 4.72 Å². The van der Waals surface area contributed by atoms with E-state index in [2.05, 4.69) is 20.7 Å². The topological polar surface area (TPSA) is 81.7 Å². The molecule has 126 valence electrons. The minimum Gasteiger partial charge on any atom is -0.486 e. The molecule has 0 bridgehead atoms. The van der Waals surface area contributed by atoms with Gasteiger partial charge < -0.3 is 9.47 Å². The second kappa shape index (κ2) is 6.82. The molecule has 24 heavy (non-hydrogen) atoms. The Hall–Kier alpha value is -2.06. The maximum atomic E-state index is 12.3. The van der Waals surface area contributed by atoms with Crippen LogP contribution in [0.2, 0.25) is 0 Å². The van der Waals surface area contributed by atoms with Gasteiger partial charge in [-0.3, -0.25) is 4.79 Å². The molecule has 0 saturated heterocycles. The molecule has 2 aromatic rings. The summed E-state index contributed by atoms with van der Waals surface area (Å²) in [6.07, 6.45) is -0.0307. The molecule has 0 unspecified atom stereocenters. The largest absolute Gasteiger partial charge is 0.486 e. The van der Waals surface area contributed by atoms with E-state index in [1.165, 1.54) is 18.2 Å². The minimum atomic E-state index is -3.97. The van der Waals surface area contributed by atoms with Gasteiger partial charge >= 0.3 is 0 Å². The average Bonchev–Trinajstić information content (AvgIpc) is 2.56. The molecule has 1 aliphatic heterocycles. The zero-order valence-corrected chi connectivity index (χ0v) is 14.9. The minimum absolute atomic E-state index is 0.0307. The van der Waals surface area contributed by atoms with Gasteiger partial charge in [-0.25, -0.2) is 13.1 Å². The number of ether oxygens (including phenoxy) is 2. The Bertz CT molecular complexity index is 865. The number of carbonyl (C=O) groups is 1. The van der Waals surface area contributed by atoms with Gasteiger partial charge in [0, 0.05) is 10.5 Å². The number of nitrogens with one attached hydrogen (secondary N) is 1. The number of sulfonamides is 1. The monoisotopic (exact) mass is 411 g/mol. The van der Waals surface area contributed by atoms with Crippen LogP contribution in [-0.2, 0) is 21.2 Å². The average molecular weight is 412 g/mol. The van der Waals surface area contributed by atoms with Crippen LogP contribution in [-0.4, -0.2) is 27.5 Å². The lowest BCUT2D eigenvalue weighted by Gasteiger charge is -2.18. The Labute approximate surface area is 148 Å². The fraction of sp³-hybridized carbons (Fsp3) is 0.188. The van der Waals surface area contributed by atoms with Gasteiger partial charge in [-0.05, 0) is 29.8 Å². The van der Waals surface area contributed by atoms with Gasteiger partial charge in [-0.15, -0.1) is 0 Å². The molecule has 0 fully saturated rings. The summed E-state index contributed by atoms with van der Waals surface area (Å²) in [4.78, 5) is 12.0.